The molecule has 0 radical (unpaired) electrons. The zero-order valence-electron chi connectivity index (χ0n) is 14.1. The molecule has 1 saturated heterocycles. The molecule has 0 bridgehead atoms. The molecule has 0 aromatic heterocycles. The summed E-state index contributed by atoms with van der Waals surface area (Å²) < 4.78 is 5.53. The minimum atomic E-state index is 0.713. The van der Waals surface area contributed by atoms with E-state index in [0.29, 0.717) is 6.04 Å². The van der Waals surface area contributed by atoms with E-state index in [-0.39, 0.29) is 0 Å². The van der Waals surface area contributed by atoms with E-state index in [1.165, 1.54) is 24.1 Å². The highest BCUT2D eigenvalue weighted by Gasteiger charge is 2.23. The first-order valence-corrected chi connectivity index (χ1v) is 7.90. The van der Waals surface area contributed by atoms with E-state index in [1.807, 2.05) is 7.05 Å². The summed E-state index contributed by atoms with van der Waals surface area (Å²) in [6, 6.07) is 5.14. The Morgan fingerprint density at radius 2 is 1.95 bits per heavy atom. The molecule has 1 aliphatic heterocycles. The fourth-order valence-corrected chi connectivity index (χ4v) is 3.18. The lowest BCUT2D eigenvalue weighted by molar-refractivity contribution is 0.249. The van der Waals surface area contributed by atoms with Gasteiger partial charge >= 0.3 is 0 Å². The van der Waals surface area contributed by atoms with Gasteiger partial charge in [0.05, 0.1) is 12.8 Å². The number of aryl methyl sites for hydroxylation is 1. The molecule has 0 spiro atoms. The first-order chi connectivity index (χ1) is 10.1. The van der Waals surface area contributed by atoms with E-state index in [2.05, 4.69) is 48.3 Å². The number of methoxy groups -OCH3 is 1. The molecule has 0 aliphatic carbocycles. The smallest absolute Gasteiger partial charge is 0.144 e. The van der Waals surface area contributed by atoms with Crippen LogP contribution in [0.2, 0.25) is 0 Å². The molecule has 0 unspecified atom stereocenters. The van der Waals surface area contributed by atoms with Gasteiger partial charge in [-0.15, -0.1) is 0 Å². The minimum Gasteiger partial charge on any atom is -0.495 e. The summed E-state index contributed by atoms with van der Waals surface area (Å²) >= 11 is 0. The van der Waals surface area contributed by atoms with Gasteiger partial charge in [0, 0.05) is 37.9 Å². The predicted octanol–water partition coefficient (Wildman–Crippen LogP) is 2.83. The van der Waals surface area contributed by atoms with Crippen molar-refractivity contribution in [3.05, 3.63) is 17.7 Å². The Hall–Kier alpha value is -1.42. The standard InChI is InChI=1S/C17H29N3O/c1-6-13-11-15(18-2)17(21-5)12-16(13)20-9-7-14(8-10-20)19(3)4/h11-12,14,18H,6-10H2,1-5H3. The van der Waals surface area contributed by atoms with Gasteiger partial charge in [-0.1, -0.05) is 6.92 Å². The van der Waals surface area contributed by atoms with Crippen molar-refractivity contribution < 1.29 is 4.74 Å². The van der Waals surface area contributed by atoms with Crippen LogP contribution < -0.4 is 15.0 Å². The molecule has 0 atom stereocenters. The van der Waals surface area contributed by atoms with Gasteiger partial charge < -0.3 is 19.9 Å². The van der Waals surface area contributed by atoms with Crippen molar-refractivity contribution in [3.8, 4) is 5.75 Å². The normalized spacial score (nSPS) is 16.4. The molecule has 21 heavy (non-hydrogen) atoms. The third-order valence-corrected chi connectivity index (χ3v) is 4.59. The van der Waals surface area contributed by atoms with E-state index in [1.54, 1.807) is 7.11 Å². The Bertz CT molecular complexity index is 465. The molecule has 0 amide bonds. The van der Waals surface area contributed by atoms with Gasteiger partial charge in [0.15, 0.2) is 0 Å². The lowest BCUT2D eigenvalue weighted by Crippen LogP contribution is -2.42. The fraction of sp³-hybridized carbons (Fsp3) is 0.647. The van der Waals surface area contributed by atoms with Crippen molar-refractivity contribution in [2.24, 2.45) is 0 Å². The molecule has 1 fully saturated rings. The second kappa shape index (κ2) is 7.03. The van der Waals surface area contributed by atoms with Crippen molar-refractivity contribution in [1.29, 1.82) is 0 Å². The number of ether oxygens (including phenoxy) is 1. The zero-order chi connectivity index (χ0) is 15.4. The molecule has 2 rings (SSSR count). The van der Waals surface area contributed by atoms with Gasteiger partial charge in [0.2, 0.25) is 0 Å². The first kappa shape index (κ1) is 16.0. The predicted molar refractivity (Wildman–Crippen MR) is 90.8 cm³/mol. The van der Waals surface area contributed by atoms with Crippen LogP contribution >= 0.6 is 0 Å². The van der Waals surface area contributed by atoms with Gasteiger partial charge in [-0.2, -0.15) is 0 Å². The lowest BCUT2D eigenvalue weighted by Gasteiger charge is -2.37. The average molecular weight is 291 g/mol. The molecule has 1 heterocycles. The number of benzene rings is 1. The molecule has 4 heteroatoms. The topological polar surface area (TPSA) is 27.7 Å². The van der Waals surface area contributed by atoms with Gasteiger partial charge in [0.25, 0.3) is 0 Å². The maximum atomic E-state index is 5.53. The number of nitrogens with zero attached hydrogens (tertiary/aromatic N) is 2. The number of anilines is 2. The summed E-state index contributed by atoms with van der Waals surface area (Å²) in [6.07, 6.45) is 3.50. The van der Waals surface area contributed by atoms with Gasteiger partial charge in [-0.25, -0.2) is 0 Å². The maximum Gasteiger partial charge on any atom is 0.144 e. The molecule has 0 saturated carbocycles. The second-order valence-electron chi connectivity index (χ2n) is 5.97. The Kier molecular flexibility index (Phi) is 5.34. The van der Waals surface area contributed by atoms with Crippen molar-refractivity contribution >= 4 is 11.4 Å². The van der Waals surface area contributed by atoms with Crippen LogP contribution in [0.25, 0.3) is 0 Å². The zero-order valence-corrected chi connectivity index (χ0v) is 14.1. The van der Waals surface area contributed by atoms with Crippen LogP contribution in [0, 0.1) is 0 Å². The van der Waals surface area contributed by atoms with Crippen LogP contribution in [-0.2, 0) is 6.42 Å². The Morgan fingerprint density at radius 3 is 2.43 bits per heavy atom. The Morgan fingerprint density at radius 1 is 1.29 bits per heavy atom. The maximum absolute atomic E-state index is 5.53. The van der Waals surface area contributed by atoms with Crippen LogP contribution in [0.4, 0.5) is 11.4 Å². The van der Waals surface area contributed by atoms with Gasteiger partial charge in [-0.05, 0) is 45.0 Å². The number of hydrogen-bond acceptors (Lipinski definition) is 4. The highest BCUT2D eigenvalue weighted by molar-refractivity contribution is 5.68. The fourth-order valence-electron chi connectivity index (χ4n) is 3.18. The summed E-state index contributed by atoms with van der Waals surface area (Å²) in [7, 11) is 8.05. The van der Waals surface area contributed by atoms with Crippen LogP contribution in [-0.4, -0.2) is 52.3 Å². The summed E-state index contributed by atoms with van der Waals surface area (Å²) in [5, 5.41) is 3.22. The molecule has 1 aromatic carbocycles. The van der Waals surface area contributed by atoms with E-state index in [0.717, 1.165) is 30.9 Å². The number of rotatable bonds is 5. The monoisotopic (exact) mass is 291 g/mol. The van der Waals surface area contributed by atoms with Crippen molar-refractivity contribution in [2.75, 3.05) is 51.6 Å². The highest BCUT2D eigenvalue weighted by Crippen LogP contribution is 2.35. The molecule has 118 valence electrons. The van der Waals surface area contributed by atoms with Crippen LogP contribution in [0.5, 0.6) is 5.75 Å². The van der Waals surface area contributed by atoms with Crippen LogP contribution in [0.3, 0.4) is 0 Å². The summed E-state index contributed by atoms with van der Waals surface area (Å²) in [4.78, 5) is 4.86. The third kappa shape index (κ3) is 3.43. The number of hydrogen-bond donors (Lipinski definition) is 1. The SMILES string of the molecule is CCc1cc(NC)c(OC)cc1N1CCC(N(C)C)CC1. The summed E-state index contributed by atoms with van der Waals surface area (Å²) in [5.74, 6) is 0.930. The molecular formula is C17H29N3O. The molecule has 1 aliphatic rings. The molecular weight excluding hydrogens is 262 g/mol. The highest BCUT2D eigenvalue weighted by atomic mass is 16.5. The summed E-state index contributed by atoms with van der Waals surface area (Å²) in [5.41, 5.74) is 3.80. The Labute approximate surface area is 129 Å². The van der Waals surface area contributed by atoms with Crippen molar-refractivity contribution in [3.63, 3.8) is 0 Å². The van der Waals surface area contributed by atoms with Crippen molar-refractivity contribution in [2.45, 2.75) is 32.2 Å². The first-order valence-electron chi connectivity index (χ1n) is 7.90. The van der Waals surface area contributed by atoms with Gasteiger partial charge in [-0.3, -0.25) is 0 Å². The minimum absolute atomic E-state index is 0.713. The summed E-state index contributed by atoms with van der Waals surface area (Å²) in [6.45, 7) is 4.47. The lowest BCUT2D eigenvalue weighted by atomic mass is 10.0. The van der Waals surface area contributed by atoms with E-state index >= 15 is 0 Å². The van der Waals surface area contributed by atoms with E-state index in [9.17, 15) is 0 Å². The second-order valence-corrected chi connectivity index (χ2v) is 5.97. The molecule has 1 N–H and O–H groups in total. The van der Waals surface area contributed by atoms with Crippen LogP contribution in [0.15, 0.2) is 12.1 Å². The van der Waals surface area contributed by atoms with E-state index in [4.69, 9.17) is 4.74 Å². The average Bonchev–Trinajstić information content (AvgIpc) is 2.53. The van der Waals surface area contributed by atoms with Crippen molar-refractivity contribution in [1.82, 2.24) is 4.90 Å². The quantitative estimate of drug-likeness (QED) is 0.903. The van der Waals surface area contributed by atoms with Crippen LogP contribution in [0.1, 0.15) is 25.3 Å². The van der Waals surface area contributed by atoms with E-state index < -0.39 is 0 Å². The molecule has 4 nitrogen and oxygen atoms in total. The molecule has 1 aromatic rings. The number of piperidine rings is 1. The third-order valence-electron chi connectivity index (χ3n) is 4.59. The Balaban J connectivity index is 2.23. The largest absolute Gasteiger partial charge is 0.495 e. The van der Waals surface area contributed by atoms with Gasteiger partial charge in [0.1, 0.15) is 5.75 Å². The number of nitrogens with one attached hydrogen (secondary N) is 1.